The molecule has 1 heterocycles. The van der Waals surface area contributed by atoms with E-state index >= 15 is 0 Å². The van der Waals surface area contributed by atoms with Crippen molar-refractivity contribution in [3.05, 3.63) is 93.9 Å². The van der Waals surface area contributed by atoms with Gasteiger partial charge in [-0.3, -0.25) is 19.7 Å². The van der Waals surface area contributed by atoms with Crippen molar-refractivity contribution < 1.29 is 23.7 Å². The van der Waals surface area contributed by atoms with Gasteiger partial charge in [-0.2, -0.15) is 0 Å². The predicted octanol–water partition coefficient (Wildman–Crippen LogP) is 3.61. The lowest BCUT2D eigenvalue weighted by Crippen LogP contribution is -2.34. The molecule has 0 spiro atoms. The molecule has 0 unspecified atom stereocenters. The number of ether oxygens (including phenoxy) is 1. The number of hydrogen-bond donors (Lipinski definition) is 0. The molecule has 3 rings (SSSR count). The maximum absolute atomic E-state index is 12.8. The lowest BCUT2D eigenvalue weighted by atomic mass is 10.2. The number of aldehydes is 1. The van der Waals surface area contributed by atoms with E-state index in [1.807, 2.05) is 30.3 Å². The van der Waals surface area contributed by atoms with Crippen molar-refractivity contribution in [1.82, 2.24) is 4.90 Å². The fourth-order valence-corrected chi connectivity index (χ4v) is 2.73. The summed E-state index contributed by atoms with van der Waals surface area (Å²) in [6.07, 6.45) is 2.03. The maximum atomic E-state index is 12.8. The molecular formula is C21H18N2O6. The molecule has 0 bridgehead atoms. The van der Waals surface area contributed by atoms with Gasteiger partial charge < -0.3 is 14.1 Å². The Hall–Kier alpha value is -3.94. The third-order valence-electron chi connectivity index (χ3n) is 4.16. The molecule has 8 heteroatoms. The Labute approximate surface area is 166 Å². The van der Waals surface area contributed by atoms with Gasteiger partial charge in [0, 0.05) is 18.2 Å². The Kier molecular flexibility index (Phi) is 6.36. The summed E-state index contributed by atoms with van der Waals surface area (Å²) in [4.78, 5) is 35.7. The lowest BCUT2D eigenvalue weighted by molar-refractivity contribution is -0.385. The van der Waals surface area contributed by atoms with Crippen molar-refractivity contribution in [2.24, 2.45) is 0 Å². The Morgan fingerprint density at radius 2 is 1.90 bits per heavy atom. The number of carbonyl (C=O) groups excluding carboxylic acids is 2. The first-order valence-electron chi connectivity index (χ1n) is 8.77. The fourth-order valence-electron chi connectivity index (χ4n) is 2.73. The molecule has 1 amide bonds. The Morgan fingerprint density at radius 3 is 2.55 bits per heavy atom. The second-order valence-electron chi connectivity index (χ2n) is 6.21. The van der Waals surface area contributed by atoms with Crippen molar-refractivity contribution in [3.63, 3.8) is 0 Å². The summed E-state index contributed by atoms with van der Waals surface area (Å²) < 4.78 is 10.8. The quantitative estimate of drug-likeness (QED) is 0.312. The number of benzene rings is 2. The van der Waals surface area contributed by atoms with E-state index in [1.54, 1.807) is 17.0 Å². The molecule has 0 fully saturated rings. The number of nitro benzene ring substituents is 1. The summed E-state index contributed by atoms with van der Waals surface area (Å²) >= 11 is 0. The number of nitrogens with zero attached hydrogens (tertiary/aromatic N) is 2. The number of amides is 1. The minimum atomic E-state index is -0.655. The number of hydrogen-bond acceptors (Lipinski definition) is 6. The van der Waals surface area contributed by atoms with E-state index in [0.29, 0.717) is 18.6 Å². The molecule has 2 aromatic carbocycles. The van der Waals surface area contributed by atoms with E-state index < -0.39 is 11.5 Å². The highest BCUT2D eigenvalue weighted by molar-refractivity contribution is 5.79. The Balaban J connectivity index is 1.74. The molecule has 0 aliphatic rings. The maximum Gasteiger partial charge on any atom is 0.311 e. The summed E-state index contributed by atoms with van der Waals surface area (Å²) in [6, 6.07) is 16.7. The molecule has 0 aliphatic heterocycles. The minimum Gasteiger partial charge on any atom is -0.477 e. The van der Waals surface area contributed by atoms with Crippen LogP contribution in [0, 0.1) is 10.1 Å². The summed E-state index contributed by atoms with van der Waals surface area (Å²) in [5.41, 5.74) is 0.704. The van der Waals surface area contributed by atoms with E-state index in [2.05, 4.69) is 0 Å². The minimum absolute atomic E-state index is 0.0772. The van der Waals surface area contributed by atoms with Crippen LogP contribution in [0.1, 0.15) is 21.7 Å². The second kappa shape index (κ2) is 9.32. The molecule has 29 heavy (non-hydrogen) atoms. The van der Waals surface area contributed by atoms with Gasteiger partial charge in [-0.15, -0.1) is 0 Å². The monoisotopic (exact) mass is 394 g/mol. The molecule has 8 nitrogen and oxygen atoms in total. The zero-order valence-electron chi connectivity index (χ0n) is 15.4. The molecule has 0 radical (unpaired) electrons. The van der Waals surface area contributed by atoms with Gasteiger partial charge in [0.05, 0.1) is 17.7 Å². The Morgan fingerprint density at radius 1 is 1.10 bits per heavy atom. The van der Waals surface area contributed by atoms with Crippen LogP contribution in [-0.4, -0.2) is 28.6 Å². The van der Waals surface area contributed by atoms with Crippen LogP contribution in [0.2, 0.25) is 0 Å². The molecule has 0 aliphatic carbocycles. The molecule has 148 valence electrons. The fraction of sp³-hybridized carbons (Fsp3) is 0.143. The third-order valence-corrected chi connectivity index (χ3v) is 4.16. The van der Waals surface area contributed by atoms with Gasteiger partial charge in [-0.1, -0.05) is 30.3 Å². The van der Waals surface area contributed by atoms with Crippen LogP contribution in [-0.2, 0) is 17.9 Å². The highest BCUT2D eigenvalue weighted by Crippen LogP contribution is 2.27. The summed E-state index contributed by atoms with van der Waals surface area (Å²) in [5.74, 6) is 0.168. The largest absolute Gasteiger partial charge is 0.477 e. The molecule has 1 aromatic heterocycles. The van der Waals surface area contributed by atoms with Crippen LogP contribution in [0.15, 0.2) is 71.3 Å². The van der Waals surface area contributed by atoms with Gasteiger partial charge >= 0.3 is 5.69 Å². The van der Waals surface area contributed by atoms with Crippen molar-refractivity contribution in [2.75, 3.05) is 6.61 Å². The van der Waals surface area contributed by atoms with Gasteiger partial charge in [0.15, 0.2) is 12.4 Å². The average molecular weight is 394 g/mol. The van der Waals surface area contributed by atoms with Crippen LogP contribution in [0.25, 0.3) is 0 Å². The first kappa shape index (κ1) is 19.8. The third kappa shape index (κ3) is 5.29. The van der Waals surface area contributed by atoms with E-state index in [0.717, 1.165) is 11.6 Å². The number of nitro groups is 1. The molecule has 0 saturated carbocycles. The van der Waals surface area contributed by atoms with Gasteiger partial charge in [-0.05, 0) is 29.8 Å². The molecule has 0 atom stereocenters. The van der Waals surface area contributed by atoms with Gasteiger partial charge in [-0.25, -0.2) is 0 Å². The van der Waals surface area contributed by atoms with Crippen LogP contribution < -0.4 is 4.74 Å². The summed E-state index contributed by atoms with van der Waals surface area (Å²) in [5, 5.41) is 11.2. The van der Waals surface area contributed by atoms with Crippen LogP contribution in [0.4, 0.5) is 5.69 Å². The zero-order chi connectivity index (χ0) is 20.6. The smallest absolute Gasteiger partial charge is 0.311 e. The van der Waals surface area contributed by atoms with E-state index in [4.69, 9.17) is 9.15 Å². The summed E-state index contributed by atoms with van der Waals surface area (Å²) in [7, 11) is 0. The number of furan rings is 1. The van der Waals surface area contributed by atoms with Gasteiger partial charge in [0.2, 0.25) is 0 Å². The first-order valence-corrected chi connectivity index (χ1v) is 8.77. The Bertz CT molecular complexity index is 986. The van der Waals surface area contributed by atoms with Crippen molar-refractivity contribution >= 4 is 17.9 Å². The van der Waals surface area contributed by atoms with Crippen molar-refractivity contribution in [2.45, 2.75) is 13.1 Å². The van der Waals surface area contributed by atoms with Crippen LogP contribution >= 0.6 is 0 Å². The molecular weight excluding hydrogens is 376 g/mol. The normalized spacial score (nSPS) is 10.3. The molecule has 0 N–H and O–H groups in total. The standard InChI is InChI=1S/C21H18N2O6/c24-14-17-8-9-20(19(11-17)23(26)27)29-15-21(25)22(13-18-7-4-10-28-18)12-16-5-2-1-3-6-16/h1-11,14H,12-13,15H2. The van der Waals surface area contributed by atoms with Crippen LogP contribution in [0.5, 0.6) is 5.75 Å². The second-order valence-corrected chi connectivity index (χ2v) is 6.21. The van der Waals surface area contributed by atoms with Crippen molar-refractivity contribution in [1.29, 1.82) is 0 Å². The van der Waals surface area contributed by atoms with Crippen molar-refractivity contribution in [3.8, 4) is 5.75 Å². The van der Waals surface area contributed by atoms with Gasteiger partial charge in [0.1, 0.15) is 12.0 Å². The average Bonchev–Trinajstić information content (AvgIpc) is 3.25. The number of rotatable bonds is 9. The highest BCUT2D eigenvalue weighted by atomic mass is 16.6. The SMILES string of the molecule is O=Cc1ccc(OCC(=O)N(Cc2ccccc2)Cc2ccco2)c([N+](=O)[O-])c1. The molecule has 0 saturated heterocycles. The first-order chi connectivity index (χ1) is 14.1. The van der Waals surface area contributed by atoms with Crippen LogP contribution in [0.3, 0.4) is 0 Å². The number of carbonyl (C=O) groups is 2. The topological polar surface area (TPSA) is 103 Å². The lowest BCUT2D eigenvalue weighted by Gasteiger charge is -2.22. The summed E-state index contributed by atoms with van der Waals surface area (Å²) in [6.45, 7) is 0.168. The van der Waals surface area contributed by atoms with Gasteiger partial charge in [0.25, 0.3) is 5.91 Å². The zero-order valence-corrected chi connectivity index (χ0v) is 15.4. The van der Waals surface area contributed by atoms with E-state index in [9.17, 15) is 19.7 Å². The highest BCUT2D eigenvalue weighted by Gasteiger charge is 2.20. The molecule has 3 aromatic rings. The predicted molar refractivity (Wildman–Crippen MR) is 103 cm³/mol. The van der Waals surface area contributed by atoms with E-state index in [-0.39, 0.29) is 29.5 Å². The van der Waals surface area contributed by atoms with E-state index in [1.165, 1.54) is 18.4 Å².